The van der Waals surface area contributed by atoms with Crippen LogP contribution in [0.3, 0.4) is 0 Å². The molecule has 3 aromatic rings. The van der Waals surface area contributed by atoms with E-state index in [1.807, 2.05) is 50.2 Å². The molecule has 5 rings (SSSR count). The zero-order chi connectivity index (χ0) is 27.9. The summed E-state index contributed by atoms with van der Waals surface area (Å²) in [6.07, 6.45) is 2.69. The number of likely N-dealkylation sites (tertiary alicyclic amines) is 1. The summed E-state index contributed by atoms with van der Waals surface area (Å²) in [6, 6.07) is 16.0. The normalized spacial score (nSPS) is 21.4. The van der Waals surface area contributed by atoms with E-state index in [1.54, 1.807) is 11.1 Å². The van der Waals surface area contributed by atoms with Gasteiger partial charge < -0.3 is 14.6 Å². The lowest BCUT2D eigenvalue weighted by atomic mass is 9.81. The molecule has 1 aromatic heterocycles. The van der Waals surface area contributed by atoms with Gasteiger partial charge in [-0.25, -0.2) is 4.79 Å². The van der Waals surface area contributed by atoms with Gasteiger partial charge in [-0.05, 0) is 61.4 Å². The molecule has 1 fully saturated rings. The van der Waals surface area contributed by atoms with E-state index in [0.717, 1.165) is 47.4 Å². The number of amides is 1. The van der Waals surface area contributed by atoms with E-state index in [0.29, 0.717) is 29.5 Å². The Balaban J connectivity index is 1.50. The Morgan fingerprint density at radius 3 is 2.49 bits per heavy atom. The van der Waals surface area contributed by atoms with E-state index in [9.17, 15) is 9.59 Å². The van der Waals surface area contributed by atoms with Crippen LogP contribution in [0.1, 0.15) is 75.1 Å². The van der Waals surface area contributed by atoms with E-state index in [-0.39, 0.29) is 12.0 Å². The number of rotatable bonds is 5. The van der Waals surface area contributed by atoms with Crippen LogP contribution in [0.5, 0.6) is 0 Å². The largest absolute Gasteiger partial charge is 0.459 e. The molecule has 1 amide bonds. The maximum Gasteiger partial charge on any atom is 0.342 e. The molecule has 0 aliphatic carbocycles. The maximum absolute atomic E-state index is 14.0. The van der Waals surface area contributed by atoms with Gasteiger partial charge in [-0.3, -0.25) is 9.69 Å². The van der Waals surface area contributed by atoms with Crippen LogP contribution >= 0.6 is 0 Å². The summed E-state index contributed by atoms with van der Waals surface area (Å²) >= 11 is 0. The first-order valence-electron chi connectivity index (χ1n) is 14.2. The average Bonchev–Trinajstić information content (AvgIpc) is 3.20. The number of hydrogen-bond acceptors (Lipinski definition) is 4. The fourth-order valence-corrected chi connectivity index (χ4v) is 6.53. The van der Waals surface area contributed by atoms with Gasteiger partial charge in [0.2, 0.25) is 0 Å². The maximum atomic E-state index is 14.0. The van der Waals surface area contributed by atoms with Gasteiger partial charge in [0.05, 0.1) is 17.4 Å². The van der Waals surface area contributed by atoms with E-state index in [1.165, 1.54) is 6.42 Å². The van der Waals surface area contributed by atoms with Crippen LogP contribution in [0.2, 0.25) is 0 Å². The number of H-pyrrole nitrogens is 1. The first-order chi connectivity index (χ1) is 18.5. The number of hydrogen-bond donors (Lipinski definition) is 1. The predicted octanol–water partition coefficient (Wildman–Crippen LogP) is 6.37. The summed E-state index contributed by atoms with van der Waals surface area (Å²) in [5, 5.41) is 1.06. The summed E-state index contributed by atoms with van der Waals surface area (Å²) in [4.78, 5) is 35.1. The number of aromatic amines is 1. The molecule has 6 nitrogen and oxygen atoms in total. The minimum atomic E-state index is -0.435. The molecule has 2 aliphatic rings. The van der Waals surface area contributed by atoms with Crippen molar-refractivity contribution in [1.29, 1.82) is 0 Å². The number of benzene rings is 2. The first kappa shape index (κ1) is 27.2. The summed E-state index contributed by atoms with van der Waals surface area (Å²) in [7, 11) is 0. The molecule has 2 aromatic carbocycles. The standard InChI is InChI=1S/C33H41N3O3/c1-21(2)39-32(38)27-19-36(20-33(5,6)29-26-12-7-8-13-28(26)34-30(27)29)31(37)25-11-9-10-24(15-25)18-35-16-22(3)14-23(4)17-35/h7-13,15,19,21-23,34H,14,16-18,20H2,1-6H3. The molecule has 6 heteroatoms. The summed E-state index contributed by atoms with van der Waals surface area (Å²) in [6.45, 7) is 16.0. The Hall–Kier alpha value is -3.38. The number of nitrogens with zero attached hydrogens (tertiary/aromatic N) is 2. The van der Waals surface area contributed by atoms with Crippen LogP contribution < -0.4 is 0 Å². The lowest BCUT2D eigenvalue weighted by molar-refractivity contribution is -0.140. The number of piperidine rings is 1. The van der Waals surface area contributed by atoms with Crippen molar-refractivity contribution < 1.29 is 14.3 Å². The van der Waals surface area contributed by atoms with Crippen molar-refractivity contribution in [3.8, 4) is 0 Å². The number of fused-ring (bicyclic) bond motifs is 3. The Morgan fingerprint density at radius 2 is 1.77 bits per heavy atom. The number of nitrogens with one attached hydrogen (secondary N) is 1. The van der Waals surface area contributed by atoms with Gasteiger partial charge in [0.15, 0.2) is 0 Å². The highest BCUT2D eigenvalue weighted by Crippen LogP contribution is 2.40. The number of ether oxygens (including phenoxy) is 1. The van der Waals surface area contributed by atoms with Gasteiger partial charge in [0, 0.05) is 54.3 Å². The van der Waals surface area contributed by atoms with Crippen LogP contribution in [0, 0.1) is 11.8 Å². The summed E-state index contributed by atoms with van der Waals surface area (Å²) in [5.74, 6) is 0.811. The van der Waals surface area contributed by atoms with Crippen molar-refractivity contribution in [2.45, 2.75) is 66.0 Å². The van der Waals surface area contributed by atoms with Crippen LogP contribution in [-0.4, -0.2) is 52.4 Å². The lowest BCUT2D eigenvalue weighted by Crippen LogP contribution is -2.38. The number of carbonyl (C=O) groups excluding carboxylic acids is 2. The second kappa shape index (κ2) is 10.6. The van der Waals surface area contributed by atoms with Gasteiger partial charge in [-0.2, -0.15) is 0 Å². The molecule has 1 N–H and O–H groups in total. The SMILES string of the molecule is CC1CC(C)CN(Cc2cccc(C(=O)N3C=C(C(=O)OC(C)C)c4[nH]c5ccccc5c4C(C)(C)C3)c2)C1. The molecule has 2 aliphatic heterocycles. The number of para-hydroxylation sites is 1. The number of aromatic nitrogens is 1. The zero-order valence-electron chi connectivity index (χ0n) is 24.1. The lowest BCUT2D eigenvalue weighted by Gasteiger charge is -2.35. The van der Waals surface area contributed by atoms with Crippen molar-refractivity contribution in [1.82, 2.24) is 14.8 Å². The Bertz CT molecular complexity index is 1410. The fraction of sp³-hybridized carbons (Fsp3) is 0.455. The Labute approximate surface area is 232 Å². The molecule has 0 saturated carbocycles. The molecule has 0 radical (unpaired) electrons. The number of carbonyl (C=O) groups is 2. The van der Waals surface area contributed by atoms with E-state index in [2.05, 4.69) is 49.7 Å². The Morgan fingerprint density at radius 1 is 1.05 bits per heavy atom. The van der Waals surface area contributed by atoms with Crippen molar-refractivity contribution in [3.05, 3.63) is 77.1 Å². The van der Waals surface area contributed by atoms with Gasteiger partial charge in [-0.15, -0.1) is 0 Å². The van der Waals surface area contributed by atoms with Crippen LogP contribution in [-0.2, 0) is 21.5 Å². The molecule has 3 heterocycles. The van der Waals surface area contributed by atoms with E-state index < -0.39 is 11.4 Å². The zero-order valence-corrected chi connectivity index (χ0v) is 24.1. The topological polar surface area (TPSA) is 65.6 Å². The minimum absolute atomic E-state index is 0.116. The fourth-order valence-electron chi connectivity index (χ4n) is 6.53. The highest BCUT2D eigenvalue weighted by molar-refractivity contribution is 6.18. The van der Waals surface area contributed by atoms with Crippen LogP contribution in [0.4, 0.5) is 0 Å². The van der Waals surface area contributed by atoms with E-state index >= 15 is 0 Å². The molecular weight excluding hydrogens is 486 g/mol. The molecular formula is C33H41N3O3. The van der Waals surface area contributed by atoms with Crippen molar-refractivity contribution in [2.75, 3.05) is 19.6 Å². The van der Waals surface area contributed by atoms with Gasteiger partial charge in [-0.1, -0.05) is 58.0 Å². The number of esters is 1. The first-order valence-corrected chi connectivity index (χ1v) is 14.2. The second-order valence-corrected chi connectivity index (χ2v) is 12.6. The molecule has 2 atom stereocenters. The van der Waals surface area contributed by atoms with Gasteiger partial charge in [0.1, 0.15) is 0 Å². The average molecular weight is 528 g/mol. The van der Waals surface area contributed by atoms with E-state index in [4.69, 9.17) is 4.74 Å². The van der Waals surface area contributed by atoms with Crippen molar-refractivity contribution in [2.24, 2.45) is 11.8 Å². The monoisotopic (exact) mass is 527 g/mol. The quantitative estimate of drug-likeness (QED) is 0.392. The molecule has 1 saturated heterocycles. The van der Waals surface area contributed by atoms with Crippen molar-refractivity contribution in [3.63, 3.8) is 0 Å². The molecule has 206 valence electrons. The second-order valence-electron chi connectivity index (χ2n) is 12.6. The van der Waals surface area contributed by atoms with Crippen molar-refractivity contribution >= 4 is 28.4 Å². The third-order valence-electron chi connectivity index (χ3n) is 7.85. The van der Waals surface area contributed by atoms with Gasteiger partial charge >= 0.3 is 5.97 Å². The predicted molar refractivity (Wildman–Crippen MR) is 156 cm³/mol. The summed E-state index contributed by atoms with van der Waals surface area (Å²) < 4.78 is 5.65. The molecule has 2 unspecified atom stereocenters. The third kappa shape index (κ3) is 5.67. The minimum Gasteiger partial charge on any atom is -0.459 e. The van der Waals surface area contributed by atoms with Gasteiger partial charge in [0.25, 0.3) is 5.91 Å². The summed E-state index contributed by atoms with van der Waals surface area (Å²) in [5.41, 5.74) is 4.44. The molecule has 0 bridgehead atoms. The smallest absolute Gasteiger partial charge is 0.342 e. The molecule has 0 spiro atoms. The van der Waals surface area contributed by atoms with Crippen LogP contribution in [0.25, 0.3) is 16.5 Å². The molecule has 39 heavy (non-hydrogen) atoms. The van der Waals surface area contributed by atoms with Crippen LogP contribution in [0.15, 0.2) is 54.7 Å². The third-order valence-corrected chi connectivity index (χ3v) is 7.85. The Kier molecular flexibility index (Phi) is 7.43. The highest BCUT2D eigenvalue weighted by Gasteiger charge is 2.37. The highest BCUT2D eigenvalue weighted by atomic mass is 16.5.